The molecule has 2 aromatic carbocycles. The van der Waals surface area contributed by atoms with Crippen LogP contribution >= 0.6 is 11.6 Å². The number of nitrogens with zero attached hydrogens (tertiary/aromatic N) is 3. The lowest BCUT2D eigenvalue weighted by molar-refractivity contribution is -0.139. The van der Waals surface area contributed by atoms with E-state index >= 15 is 0 Å². The molecule has 0 aliphatic carbocycles. The summed E-state index contributed by atoms with van der Waals surface area (Å²) < 4.78 is 34.1. The Morgan fingerprint density at radius 2 is 1.73 bits per heavy atom. The fourth-order valence-electron chi connectivity index (χ4n) is 3.56. The molecule has 206 valence electrons. The number of hydrogen-bond acceptors (Lipinski definition) is 7. The highest BCUT2D eigenvalue weighted by molar-refractivity contribution is 7.89. The van der Waals surface area contributed by atoms with Crippen molar-refractivity contribution in [2.24, 2.45) is 5.10 Å². The molecule has 0 saturated carbocycles. The zero-order chi connectivity index (χ0) is 28.5. The molecule has 2 aromatic heterocycles. The van der Waals surface area contributed by atoms with Crippen molar-refractivity contribution in [3.63, 3.8) is 0 Å². The van der Waals surface area contributed by atoms with Gasteiger partial charge in [-0.3, -0.25) is 14.6 Å². The van der Waals surface area contributed by atoms with Gasteiger partial charge in [-0.25, -0.2) is 13.8 Å². The van der Waals surface area contributed by atoms with E-state index in [2.05, 4.69) is 20.8 Å². The quantitative estimate of drug-likeness (QED) is 0.167. The number of benzene rings is 2. The normalized spacial score (nSPS) is 11.6. The van der Waals surface area contributed by atoms with Gasteiger partial charge in [0.05, 0.1) is 29.9 Å². The molecule has 0 bridgehead atoms. The Balaban J connectivity index is 1.41. The van der Waals surface area contributed by atoms with E-state index in [1.54, 1.807) is 85.1 Å². The van der Waals surface area contributed by atoms with Crippen LogP contribution in [0.15, 0.2) is 99.5 Å². The molecule has 4 rings (SSSR count). The van der Waals surface area contributed by atoms with Crippen LogP contribution in [0.2, 0.25) is 5.02 Å². The third-order valence-corrected chi connectivity index (χ3v) is 7.72. The van der Waals surface area contributed by atoms with Gasteiger partial charge in [0, 0.05) is 17.8 Å². The first-order chi connectivity index (χ1) is 19.2. The zero-order valence-electron chi connectivity index (χ0n) is 21.5. The van der Waals surface area contributed by atoms with E-state index in [4.69, 9.17) is 16.0 Å². The number of nitrogens with one attached hydrogen (secondary N) is 2. The summed E-state index contributed by atoms with van der Waals surface area (Å²) in [6.07, 6.45) is 2.80. The van der Waals surface area contributed by atoms with E-state index in [-0.39, 0.29) is 30.3 Å². The van der Waals surface area contributed by atoms with Crippen LogP contribution in [-0.4, -0.2) is 35.7 Å². The molecule has 0 radical (unpaired) electrons. The summed E-state index contributed by atoms with van der Waals surface area (Å²) >= 11 is 5.99. The third-order valence-electron chi connectivity index (χ3n) is 5.67. The van der Waals surface area contributed by atoms with E-state index in [0.29, 0.717) is 16.5 Å². The number of hydrazone groups is 1. The van der Waals surface area contributed by atoms with Crippen LogP contribution < -0.4 is 10.7 Å². The summed E-state index contributed by atoms with van der Waals surface area (Å²) in [7, 11) is -3.88. The number of carbonyl (C=O) groups is 2. The summed E-state index contributed by atoms with van der Waals surface area (Å²) in [6, 6.07) is 21.9. The van der Waals surface area contributed by atoms with Crippen LogP contribution in [0.25, 0.3) is 0 Å². The van der Waals surface area contributed by atoms with E-state index in [0.717, 1.165) is 11.1 Å². The Morgan fingerprint density at radius 3 is 2.42 bits per heavy atom. The van der Waals surface area contributed by atoms with Crippen molar-refractivity contribution >= 4 is 39.7 Å². The fourth-order valence-corrected chi connectivity index (χ4v) is 5.08. The highest BCUT2D eigenvalue weighted by Crippen LogP contribution is 2.23. The Labute approximate surface area is 236 Å². The number of aromatic nitrogens is 1. The second-order valence-electron chi connectivity index (χ2n) is 8.72. The standard InChI is InChI=1S/C28H26ClN5O5S/c1-20-5-13-26(14-6-20)40(37,38)34(18-21-7-9-22(29)10-8-21)19-25-12-11-24(39-25)17-32-33-28(36)27(35)31-16-23-4-2-3-15-30-23/h2-15,17H,16,18-19H2,1H3,(H,31,35)(H,33,36)/b32-17+. The number of sulfonamides is 1. The van der Waals surface area contributed by atoms with Crippen molar-refractivity contribution in [1.29, 1.82) is 0 Å². The Morgan fingerprint density at radius 1 is 0.975 bits per heavy atom. The van der Waals surface area contributed by atoms with Crippen molar-refractivity contribution in [3.05, 3.63) is 118 Å². The third kappa shape index (κ3) is 7.85. The van der Waals surface area contributed by atoms with E-state index in [9.17, 15) is 18.0 Å². The predicted octanol–water partition coefficient (Wildman–Crippen LogP) is 3.79. The minimum Gasteiger partial charge on any atom is -0.459 e. The molecule has 2 amide bonds. The zero-order valence-corrected chi connectivity index (χ0v) is 23.0. The first kappa shape index (κ1) is 28.7. The van der Waals surface area contributed by atoms with E-state index in [1.165, 1.54) is 10.5 Å². The average Bonchev–Trinajstić information content (AvgIpc) is 3.40. The van der Waals surface area contributed by atoms with Crippen molar-refractivity contribution in [3.8, 4) is 0 Å². The van der Waals surface area contributed by atoms with Crippen molar-refractivity contribution in [2.75, 3.05) is 0 Å². The Hall–Kier alpha value is -4.32. The van der Waals surface area contributed by atoms with E-state index in [1.807, 2.05) is 6.92 Å². The van der Waals surface area contributed by atoms with Crippen LogP contribution in [0.3, 0.4) is 0 Å². The number of amides is 2. The van der Waals surface area contributed by atoms with Crippen LogP contribution in [0.5, 0.6) is 0 Å². The maximum Gasteiger partial charge on any atom is 0.329 e. The molecule has 40 heavy (non-hydrogen) atoms. The highest BCUT2D eigenvalue weighted by Gasteiger charge is 2.26. The lowest BCUT2D eigenvalue weighted by Gasteiger charge is -2.21. The lowest BCUT2D eigenvalue weighted by atomic mass is 10.2. The molecule has 12 heteroatoms. The number of rotatable bonds is 10. The second kappa shape index (κ2) is 13.2. The van der Waals surface area contributed by atoms with Crippen molar-refractivity contribution < 1.29 is 22.4 Å². The monoisotopic (exact) mass is 579 g/mol. The van der Waals surface area contributed by atoms with Gasteiger partial charge in [-0.05, 0) is 61.0 Å². The smallest absolute Gasteiger partial charge is 0.329 e. The first-order valence-corrected chi connectivity index (χ1v) is 13.9. The number of carbonyl (C=O) groups excluding carboxylic acids is 2. The van der Waals surface area contributed by atoms with Gasteiger partial charge in [0.2, 0.25) is 10.0 Å². The molecule has 2 heterocycles. The summed E-state index contributed by atoms with van der Waals surface area (Å²) in [5, 5.41) is 6.74. The molecule has 0 aliphatic rings. The van der Waals surface area contributed by atoms with Gasteiger partial charge in [-0.2, -0.15) is 9.41 Å². The van der Waals surface area contributed by atoms with Gasteiger partial charge in [-0.15, -0.1) is 0 Å². The topological polar surface area (TPSA) is 134 Å². The Bertz CT molecular complexity index is 1590. The van der Waals surface area contributed by atoms with Crippen molar-refractivity contribution in [1.82, 2.24) is 20.0 Å². The summed E-state index contributed by atoms with van der Waals surface area (Å²) in [5.74, 6) is -1.23. The maximum absolute atomic E-state index is 13.5. The summed E-state index contributed by atoms with van der Waals surface area (Å²) in [5.41, 5.74) is 4.42. The van der Waals surface area contributed by atoms with Gasteiger partial charge >= 0.3 is 11.8 Å². The number of hydrogen-bond donors (Lipinski definition) is 2. The number of furan rings is 1. The number of pyridine rings is 1. The van der Waals surface area contributed by atoms with Crippen LogP contribution in [0, 0.1) is 6.92 Å². The molecule has 4 aromatic rings. The number of aryl methyl sites for hydroxylation is 1. The first-order valence-electron chi connectivity index (χ1n) is 12.1. The highest BCUT2D eigenvalue weighted by atomic mass is 35.5. The molecular formula is C28H26ClN5O5S. The molecule has 2 N–H and O–H groups in total. The molecular weight excluding hydrogens is 554 g/mol. The minimum atomic E-state index is -3.88. The van der Waals surface area contributed by atoms with Gasteiger partial charge in [0.1, 0.15) is 11.5 Å². The van der Waals surface area contributed by atoms with Crippen molar-refractivity contribution in [2.45, 2.75) is 31.5 Å². The maximum atomic E-state index is 13.5. The molecule has 0 aliphatic heterocycles. The summed E-state index contributed by atoms with van der Waals surface area (Å²) in [6.45, 7) is 2.00. The lowest BCUT2D eigenvalue weighted by Crippen LogP contribution is -2.37. The Kier molecular flexibility index (Phi) is 9.43. The molecule has 0 atom stereocenters. The number of halogens is 1. The molecule has 0 saturated heterocycles. The SMILES string of the molecule is Cc1ccc(S(=O)(=O)N(Cc2ccc(Cl)cc2)Cc2ccc(/C=N/NC(=O)C(=O)NCc3ccccn3)o2)cc1. The average molecular weight is 580 g/mol. The van der Waals surface area contributed by atoms with Crippen LogP contribution in [0.1, 0.15) is 28.3 Å². The molecule has 0 spiro atoms. The minimum absolute atomic E-state index is 0.0606. The van der Waals surface area contributed by atoms with Crippen LogP contribution in [-0.2, 0) is 39.2 Å². The van der Waals surface area contributed by atoms with Gasteiger partial charge in [0.25, 0.3) is 0 Å². The second-order valence-corrected chi connectivity index (χ2v) is 11.1. The predicted molar refractivity (Wildman–Crippen MR) is 150 cm³/mol. The van der Waals surface area contributed by atoms with Crippen LogP contribution in [0.4, 0.5) is 0 Å². The molecule has 10 nitrogen and oxygen atoms in total. The van der Waals surface area contributed by atoms with Gasteiger partial charge in [-0.1, -0.05) is 47.5 Å². The fraction of sp³-hybridized carbons (Fsp3) is 0.143. The largest absolute Gasteiger partial charge is 0.459 e. The summed E-state index contributed by atoms with van der Waals surface area (Å²) in [4.78, 5) is 28.2. The molecule has 0 unspecified atom stereocenters. The van der Waals surface area contributed by atoms with Gasteiger partial charge in [0.15, 0.2) is 0 Å². The van der Waals surface area contributed by atoms with Gasteiger partial charge < -0.3 is 9.73 Å². The van der Waals surface area contributed by atoms with E-state index < -0.39 is 21.8 Å². The molecule has 0 fully saturated rings.